The van der Waals surface area contributed by atoms with Crippen LogP contribution in [0.15, 0.2) is 12.1 Å². The standard InChI is InChI=1S/C12H12F3N/c13-7-5-8(14)10(9(15)6-7)11(1-2-11)12(16)3-4-12/h5-6H,1-4,16H2. The molecule has 2 N–H and O–H groups in total. The minimum Gasteiger partial charge on any atom is -0.324 e. The third-order valence-electron chi connectivity index (χ3n) is 3.98. The number of benzene rings is 1. The van der Waals surface area contributed by atoms with Gasteiger partial charge in [-0.15, -0.1) is 0 Å². The molecular formula is C12H12F3N. The molecule has 1 aromatic rings. The Hall–Kier alpha value is -1.03. The Balaban J connectivity index is 2.14. The molecule has 2 saturated carbocycles. The van der Waals surface area contributed by atoms with Crippen LogP contribution in [0.4, 0.5) is 13.2 Å². The molecule has 16 heavy (non-hydrogen) atoms. The highest BCUT2D eigenvalue weighted by atomic mass is 19.1. The lowest BCUT2D eigenvalue weighted by Gasteiger charge is -2.24. The molecule has 2 fully saturated rings. The summed E-state index contributed by atoms with van der Waals surface area (Å²) in [6.07, 6.45) is 2.98. The highest BCUT2D eigenvalue weighted by Gasteiger charge is 2.65. The molecule has 0 atom stereocenters. The zero-order chi connectivity index (χ0) is 11.6. The topological polar surface area (TPSA) is 26.0 Å². The molecule has 1 nitrogen and oxygen atoms in total. The lowest BCUT2D eigenvalue weighted by atomic mass is 9.85. The smallest absolute Gasteiger partial charge is 0.132 e. The fourth-order valence-electron chi connectivity index (χ4n) is 2.73. The summed E-state index contributed by atoms with van der Waals surface area (Å²) in [5, 5.41) is 0. The minimum atomic E-state index is -0.878. The second-order valence-electron chi connectivity index (χ2n) is 4.98. The Kier molecular flexibility index (Phi) is 1.78. The van der Waals surface area contributed by atoms with Crippen LogP contribution in [0.25, 0.3) is 0 Å². The van der Waals surface area contributed by atoms with Crippen LogP contribution in [0.3, 0.4) is 0 Å². The first-order valence-corrected chi connectivity index (χ1v) is 5.42. The summed E-state index contributed by atoms with van der Waals surface area (Å²) in [5.41, 5.74) is 5.02. The molecule has 0 unspecified atom stereocenters. The quantitative estimate of drug-likeness (QED) is 0.825. The van der Waals surface area contributed by atoms with Crippen molar-refractivity contribution in [2.24, 2.45) is 5.73 Å². The minimum absolute atomic E-state index is 0.00565. The maximum atomic E-state index is 13.7. The molecule has 0 spiro atoms. The summed E-state index contributed by atoms with van der Waals surface area (Å²) in [4.78, 5) is 0. The molecule has 3 rings (SSSR count). The second kappa shape index (κ2) is 2.80. The second-order valence-corrected chi connectivity index (χ2v) is 4.98. The molecule has 0 saturated heterocycles. The van der Waals surface area contributed by atoms with Gasteiger partial charge < -0.3 is 5.73 Å². The SMILES string of the molecule is NC1(C2(c3c(F)cc(F)cc3F)CC2)CC1. The molecule has 0 radical (unpaired) electrons. The molecular weight excluding hydrogens is 215 g/mol. The van der Waals surface area contributed by atoms with Crippen LogP contribution < -0.4 is 5.73 Å². The van der Waals surface area contributed by atoms with Crippen molar-refractivity contribution in [1.29, 1.82) is 0 Å². The first kappa shape index (κ1) is 10.1. The zero-order valence-electron chi connectivity index (χ0n) is 8.69. The lowest BCUT2D eigenvalue weighted by molar-refractivity contribution is 0.436. The van der Waals surface area contributed by atoms with Crippen molar-refractivity contribution >= 4 is 0 Å². The van der Waals surface area contributed by atoms with Gasteiger partial charge >= 0.3 is 0 Å². The van der Waals surface area contributed by atoms with Gasteiger partial charge in [-0.1, -0.05) is 0 Å². The first-order chi connectivity index (χ1) is 7.48. The van der Waals surface area contributed by atoms with E-state index in [1.54, 1.807) is 0 Å². The van der Waals surface area contributed by atoms with Crippen LogP contribution in [-0.2, 0) is 5.41 Å². The van der Waals surface area contributed by atoms with Crippen molar-refractivity contribution in [2.45, 2.75) is 36.6 Å². The van der Waals surface area contributed by atoms with E-state index in [0.29, 0.717) is 12.8 Å². The Morgan fingerprint density at radius 1 is 0.938 bits per heavy atom. The lowest BCUT2D eigenvalue weighted by Crippen LogP contribution is -2.38. The Bertz CT molecular complexity index is 438. The van der Waals surface area contributed by atoms with Gasteiger partial charge in [0.1, 0.15) is 17.5 Å². The van der Waals surface area contributed by atoms with Crippen molar-refractivity contribution in [3.8, 4) is 0 Å². The third kappa shape index (κ3) is 1.16. The van der Waals surface area contributed by atoms with Crippen LogP contribution in [0.2, 0.25) is 0 Å². The average molecular weight is 227 g/mol. The fraction of sp³-hybridized carbons (Fsp3) is 0.500. The van der Waals surface area contributed by atoms with Crippen LogP contribution in [-0.4, -0.2) is 5.54 Å². The van der Waals surface area contributed by atoms with E-state index in [9.17, 15) is 13.2 Å². The molecule has 2 aliphatic carbocycles. The van der Waals surface area contributed by atoms with Crippen LogP contribution in [0.5, 0.6) is 0 Å². The van der Waals surface area contributed by atoms with Gasteiger partial charge in [-0.3, -0.25) is 0 Å². The van der Waals surface area contributed by atoms with Gasteiger partial charge in [0.25, 0.3) is 0 Å². The van der Waals surface area contributed by atoms with Gasteiger partial charge in [-0.2, -0.15) is 0 Å². The van der Waals surface area contributed by atoms with E-state index in [2.05, 4.69) is 0 Å². The largest absolute Gasteiger partial charge is 0.324 e. The summed E-state index contributed by atoms with van der Waals surface area (Å²) in [6.45, 7) is 0. The first-order valence-electron chi connectivity index (χ1n) is 5.42. The predicted octanol–water partition coefficient (Wildman–Crippen LogP) is 2.63. The summed E-state index contributed by atoms with van der Waals surface area (Å²) < 4.78 is 40.2. The van der Waals surface area contributed by atoms with Crippen molar-refractivity contribution in [3.63, 3.8) is 0 Å². The summed E-state index contributed by atoms with van der Waals surface area (Å²) in [5.74, 6) is -2.48. The van der Waals surface area contributed by atoms with Crippen LogP contribution in [0.1, 0.15) is 31.2 Å². The van der Waals surface area contributed by atoms with Crippen molar-refractivity contribution in [1.82, 2.24) is 0 Å². The average Bonchev–Trinajstić information content (AvgIpc) is 3.01. The number of halogens is 3. The van der Waals surface area contributed by atoms with E-state index in [4.69, 9.17) is 5.73 Å². The maximum Gasteiger partial charge on any atom is 0.132 e. The Labute approximate surface area is 91.4 Å². The predicted molar refractivity (Wildman–Crippen MR) is 53.4 cm³/mol. The molecule has 0 aliphatic heterocycles. The van der Waals surface area contributed by atoms with Crippen LogP contribution >= 0.6 is 0 Å². The van der Waals surface area contributed by atoms with Gasteiger partial charge in [-0.05, 0) is 25.7 Å². The number of hydrogen-bond acceptors (Lipinski definition) is 1. The Morgan fingerprint density at radius 2 is 1.44 bits per heavy atom. The number of hydrogen-bond donors (Lipinski definition) is 1. The highest BCUT2D eigenvalue weighted by Crippen LogP contribution is 2.64. The van der Waals surface area contributed by atoms with Gasteiger partial charge in [0.05, 0.1) is 0 Å². The van der Waals surface area contributed by atoms with Gasteiger partial charge in [0.2, 0.25) is 0 Å². The van der Waals surface area contributed by atoms with Crippen LogP contribution in [0, 0.1) is 17.5 Å². The van der Waals surface area contributed by atoms with Crippen molar-refractivity contribution < 1.29 is 13.2 Å². The van der Waals surface area contributed by atoms with E-state index in [-0.39, 0.29) is 5.56 Å². The normalized spacial score (nSPS) is 24.2. The molecule has 86 valence electrons. The molecule has 0 bridgehead atoms. The molecule has 4 heteroatoms. The van der Waals surface area contributed by atoms with E-state index >= 15 is 0 Å². The van der Waals surface area contributed by atoms with E-state index in [1.165, 1.54) is 0 Å². The Morgan fingerprint density at radius 3 is 1.81 bits per heavy atom. The number of nitrogens with two attached hydrogens (primary N) is 1. The van der Waals surface area contributed by atoms with E-state index in [1.807, 2.05) is 0 Å². The van der Waals surface area contributed by atoms with Gasteiger partial charge in [-0.25, -0.2) is 13.2 Å². The summed E-state index contributed by atoms with van der Waals surface area (Å²) in [6, 6.07) is 1.48. The summed E-state index contributed by atoms with van der Waals surface area (Å²) >= 11 is 0. The highest BCUT2D eigenvalue weighted by molar-refractivity contribution is 5.42. The molecule has 0 heterocycles. The fourth-order valence-corrected chi connectivity index (χ4v) is 2.73. The van der Waals surface area contributed by atoms with E-state index < -0.39 is 28.4 Å². The molecule has 0 aromatic heterocycles. The van der Waals surface area contributed by atoms with Gasteiger partial charge in [0, 0.05) is 28.7 Å². The molecule has 1 aromatic carbocycles. The van der Waals surface area contributed by atoms with E-state index in [0.717, 1.165) is 25.0 Å². The molecule has 0 amide bonds. The van der Waals surface area contributed by atoms with Crippen molar-refractivity contribution in [3.05, 3.63) is 35.1 Å². The monoisotopic (exact) mass is 227 g/mol. The zero-order valence-corrected chi connectivity index (χ0v) is 8.69. The van der Waals surface area contributed by atoms with Gasteiger partial charge in [0.15, 0.2) is 0 Å². The third-order valence-corrected chi connectivity index (χ3v) is 3.98. The maximum absolute atomic E-state index is 13.7. The summed E-state index contributed by atoms with van der Waals surface area (Å²) in [7, 11) is 0. The molecule has 2 aliphatic rings. The van der Waals surface area contributed by atoms with Crippen molar-refractivity contribution in [2.75, 3.05) is 0 Å². The number of rotatable bonds is 2.